The lowest BCUT2D eigenvalue weighted by molar-refractivity contribution is 0.0866. The first-order chi connectivity index (χ1) is 22.7. The van der Waals surface area contributed by atoms with Gasteiger partial charge in [0.2, 0.25) is 0 Å². The SMILES string of the molecule is CCC[C@@H](Nc1c(C#N)cnc2c(Cl)cc(N[C@@H](c3ccccc3)c3cn(C4CCN(C(C)(C)C)CC4)nn3)cc12)c1ccccc1. The maximum atomic E-state index is 10.1. The molecular formula is C38H43ClN8. The van der Waals surface area contributed by atoms with E-state index in [1.54, 1.807) is 6.20 Å². The van der Waals surface area contributed by atoms with E-state index in [4.69, 9.17) is 16.7 Å². The number of halogens is 1. The summed E-state index contributed by atoms with van der Waals surface area (Å²) in [6.45, 7) is 11.1. The van der Waals surface area contributed by atoms with Crippen LogP contribution in [0.5, 0.6) is 0 Å². The van der Waals surface area contributed by atoms with Crippen molar-refractivity contribution in [2.75, 3.05) is 23.7 Å². The smallest absolute Gasteiger partial charge is 0.109 e. The van der Waals surface area contributed by atoms with Crippen molar-refractivity contribution in [3.8, 4) is 6.07 Å². The molecule has 1 aliphatic rings. The highest BCUT2D eigenvalue weighted by Gasteiger charge is 2.29. The number of piperidine rings is 1. The van der Waals surface area contributed by atoms with Crippen molar-refractivity contribution >= 4 is 33.9 Å². The van der Waals surface area contributed by atoms with Gasteiger partial charge in [-0.1, -0.05) is 90.8 Å². The second-order valence-corrected chi connectivity index (χ2v) is 13.8. The number of hydrogen-bond acceptors (Lipinski definition) is 7. The quantitative estimate of drug-likeness (QED) is 0.156. The average Bonchev–Trinajstić information content (AvgIpc) is 3.58. The molecule has 0 spiro atoms. The number of benzene rings is 3. The Kier molecular flexibility index (Phi) is 9.76. The monoisotopic (exact) mass is 646 g/mol. The van der Waals surface area contributed by atoms with Crippen molar-refractivity contribution in [3.63, 3.8) is 0 Å². The Morgan fingerprint density at radius 1 is 0.979 bits per heavy atom. The molecule has 3 heterocycles. The largest absolute Gasteiger partial charge is 0.377 e. The number of nitriles is 1. The third kappa shape index (κ3) is 7.27. The van der Waals surface area contributed by atoms with Crippen molar-refractivity contribution in [3.05, 3.63) is 113 Å². The lowest BCUT2D eigenvalue weighted by Crippen LogP contribution is -2.46. The summed E-state index contributed by atoms with van der Waals surface area (Å²) in [4.78, 5) is 7.14. The molecule has 3 aromatic carbocycles. The lowest BCUT2D eigenvalue weighted by Gasteiger charge is -2.40. The summed E-state index contributed by atoms with van der Waals surface area (Å²) in [5.41, 5.74) is 5.88. The number of nitrogens with one attached hydrogen (secondary N) is 2. The van der Waals surface area contributed by atoms with Gasteiger partial charge in [0.05, 0.1) is 46.1 Å². The minimum atomic E-state index is -0.270. The van der Waals surface area contributed by atoms with Crippen LogP contribution in [0.25, 0.3) is 10.9 Å². The van der Waals surface area contributed by atoms with E-state index in [0.29, 0.717) is 22.1 Å². The van der Waals surface area contributed by atoms with E-state index in [9.17, 15) is 5.26 Å². The molecule has 0 saturated carbocycles. The number of fused-ring (bicyclic) bond motifs is 1. The molecule has 2 atom stereocenters. The third-order valence-electron chi connectivity index (χ3n) is 9.20. The van der Waals surface area contributed by atoms with Crippen molar-refractivity contribution in [1.82, 2.24) is 24.9 Å². The zero-order valence-corrected chi connectivity index (χ0v) is 28.4. The van der Waals surface area contributed by atoms with Crippen molar-refractivity contribution in [2.45, 2.75) is 77.0 Å². The Labute approximate surface area is 282 Å². The first-order valence-electron chi connectivity index (χ1n) is 16.6. The molecule has 0 amide bonds. The summed E-state index contributed by atoms with van der Waals surface area (Å²) >= 11 is 6.92. The van der Waals surface area contributed by atoms with Gasteiger partial charge in [0.1, 0.15) is 11.8 Å². The number of likely N-dealkylation sites (tertiary alicyclic amines) is 1. The minimum Gasteiger partial charge on any atom is -0.377 e. The van der Waals surface area contributed by atoms with Crippen LogP contribution in [0, 0.1) is 11.3 Å². The Morgan fingerprint density at radius 2 is 1.66 bits per heavy atom. The number of hydrogen-bond donors (Lipinski definition) is 2. The summed E-state index contributed by atoms with van der Waals surface area (Å²) in [7, 11) is 0. The standard InChI is InChI=1S/C38H43ClN8/c1-5-12-33(26-13-8-6-9-14-26)43-35-28(23-40)24-41-37-31(35)21-29(22-32(37)39)42-36(27-15-10-7-11-16-27)34-25-47(45-44-34)30-17-19-46(20-18-30)38(2,3)4/h6-11,13-16,21-22,24-25,30,33,36,42H,5,12,17-20H2,1-4H3,(H,41,43)/t33-,36+/m1/s1. The van der Waals surface area contributed by atoms with Crippen LogP contribution in [0.2, 0.25) is 5.02 Å². The predicted molar refractivity (Wildman–Crippen MR) is 191 cm³/mol. The fraction of sp³-hybridized carbons (Fsp3) is 0.368. The van der Waals surface area contributed by atoms with E-state index in [1.165, 1.54) is 5.56 Å². The van der Waals surface area contributed by atoms with Crippen LogP contribution in [0.3, 0.4) is 0 Å². The Bertz CT molecular complexity index is 1830. The molecule has 2 aromatic heterocycles. The van der Waals surface area contributed by atoms with Gasteiger partial charge >= 0.3 is 0 Å². The van der Waals surface area contributed by atoms with Crippen LogP contribution in [0.1, 0.15) is 93.9 Å². The molecule has 1 aliphatic heterocycles. The minimum absolute atomic E-state index is 0.0247. The van der Waals surface area contributed by atoms with E-state index >= 15 is 0 Å². The molecule has 0 aliphatic carbocycles. The zero-order valence-electron chi connectivity index (χ0n) is 27.6. The van der Waals surface area contributed by atoms with E-state index < -0.39 is 0 Å². The van der Waals surface area contributed by atoms with E-state index in [2.05, 4.69) is 90.0 Å². The number of nitrogens with zero attached hydrogens (tertiary/aromatic N) is 6. The van der Waals surface area contributed by atoms with Gasteiger partial charge in [0.15, 0.2) is 0 Å². The number of anilines is 2. The molecule has 0 unspecified atom stereocenters. The molecule has 0 radical (unpaired) electrons. The molecule has 47 heavy (non-hydrogen) atoms. The molecule has 5 aromatic rings. The molecule has 0 bridgehead atoms. The predicted octanol–water partition coefficient (Wildman–Crippen LogP) is 8.94. The Morgan fingerprint density at radius 3 is 2.30 bits per heavy atom. The van der Waals surface area contributed by atoms with Crippen LogP contribution in [-0.4, -0.2) is 43.5 Å². The molecule has 6 rings (SSSR count). The Balaban J connectivity index is 1.35. The molecule has 2 N–H and O–H groups in total. The van der Waals surface area contributed by atoms with Gasteiger partial charge in [0.25, 0.3) is 0 Å². The number of rotatable bonds is 10. The van der Waals surface area contributed by atoms with Gasteiger partial charge in [-0.05, 0) is 63.3 Å². The van der Waals surface area contributed by atoms with Gasteiger partial charge in [-0.3, -0.25) is 9.88 Å². The van der Waals surface area contributed by atoms with Gasteiger partial charge in [-0.15, -0.1) is 5.10 Å². The molecular weight excluding hydrogens is 604 g/mol. The second-order valence-electron chi connectivity index (χ2n) is 13.4. The van der Waals surface area contributed by atoms with Gasteiger partial charge in [0, 0.05) is 35.9 Å². The van der Waals surface area contributed by atoms with E-state index in [-0.39, 0.29) is 17.6 Å². The fourth-order valence-electron chi connectivity index (χ4n) is 6.60. The highest BCUT2D eigenvalue weighted by atomic mass is 35.5. The van der Waals surface area contributed by atoms with Crippen molar-refractivity contribution in [1.29, 1.82) is 5.26 Å². The summed E-state index contributed by atoms with van der Waals surface area (Å²) in [5, 5.41) is 28.2. The summed E-state index contributed by atoms with van der Waals surface area (Å²) in [6.07, 6.45) is 7.66. The third-order valence-corrected chi connectivity index (χ3v) is 9.49. The lowest BCUT2D eigenvalue weighted by atomic mass is 9.98. The summed E-state index contributed by atoms with van der Waals surface area (Å²) in [6, 6.07) is 27.0. The highest BCUT2D eigenvalue weighted by Crippen LogP contribution is 2.38. The highest BCUT2D eigenvalue weighted by molar-refractivity contribution is 6.35. The topological polar surface area (TPSA) is 94.7 Å². The normalized spacial score (nSPS) is 15.7. The maximum Gasteiger partial charge on any atom is 0.109 e. The molecule has 9 heteroatoms. The van der Waals surface area contributed by atoms with E-state index in [0.717, 1.165) is 66.8 Å². The van der Waals surface area contributed by atoms with Crippen LogP contribution in [-0.2, 0) is 0 Å². The van der Waals surface area contributed by atoms with Gasteiger partial charge in [-0.2, -0.15) is 5.26 Å². The number of aromatic nitrogens is 4. The first kappa shape index (κ1) is 32.5. The van der Waals surface area contributed by atoms with Crippen LogP contribution in [0.15, 0.2) is 85.2 Å². The average molecular weight is 647 g/mol. The van der Waals surface area contributed by atoms with Crippen LogP contribution in [0.4, 0.5) is 11.4 Å². The second kappa shape index (κ2) is 14.1. The first-order valence-corrected chi connectivity index (χ1v) is 16.9. The maximum absolute atomic E-state index is 10.1. The van der Waals surface area contributed by atoms with Crippen LogP contribution < -0.4 is 10.6 Å². The molecule has 242 valence electrons. The van der Waals surface area contributed by atoms with E-state index in [1.807, 2.05) is 53.2 Å². The number of pyridine rings is 1. The zero-order chi connectivity index (χ0) is 33.0. The fourth-order valence-corrected chi connectivity index (χ4v) is 6.86. The summed E-state index contributed by atoms with van der Waals surface area (Å²) < 4.78 is 2.04. The van der Waals surface area contributed by atoms with Gasteiger partial charge < -0.3 is 10.6 Å². The molecule has 1 fully saturated rings. The van der Waals surface area contributed by atoms with Gasteiger partial charge in [-0.25, -0.2) is 4.68 Å². The summed E-state index contributed by atoms with van der Waals surface area (Å²) in [5.74, 6) is 0. The molecule has 8 nitrogen and oxygen atoms in total. The van der Waals surface area contributed by atoms with Crippen LogP contribution >= 0.6 is 11.6 Å². The van der Waals surface area contributed by atoms with Crippen molar-refractivity contribution < 1.29 is 0 Å². The molecule has 1 saturated heterocycles. The van der Waals surface area contributed by atoms with Crippen molar-refractivity contribution in [2.24, 2.45) is 0 Å². The Hall–Kier alpha value is -4.45.